The van der Waals surface area contributed by atoms with E-state index in [4.69, 9.17) is 5.73 Å². The van der Waals surface area contributed by atoms with Crippen LogP contribution in [-0.4, -0.2) is 43.0 Å². The summed E-state index contributed by atoms with van der Waals surface area (Å²) in [4.78, 5) is 13.8. The first kappa shape index (κ1) is 11.5. The van der Waals surface area contributed by atoms with Crippen molar-refractivity contribution in [2.24, 2.45) is 5.73 Å². The summed E-state index contributed by atoms with van der Waals surface area (Å²) in [5.41, 5.74) is 5.58. The van der Waals surface area contributed by atoms with E-state index in [1.165, 1.54) is 6.42 Å². The van der Waals surface area contributed by atoms with E-state index in [9.17, 15) is 4.79 Å². The summed E-state index contributed by atoms with van der Waals surface area (Å²) in [7, 11) is 2.01. The zero-order chi connectivity index (χ0) is 10.6. The standard InChI is InChI=1S/C10H21N3O/c1-8(11)7-12-10(14)9-5-3-4-6-13(9)2/h8-9H,3-7,11H2,1-2H3,(H,12,14). The van der Waals surface area contributed by atoms with Crippen LogP contribution >= 0.6 is 0 Å². The van der Waals surface area contributed by atoms with E-state index < -0.39 is 0 Å². The predicted molar refractivity (Wildman–Crippen MR) is 56.9 cm³/mol. The molecule has 0 spiro atoms. The van der Waals surface area contributed by atoms with Crippen molar-refractivity contribution in [3.8, 4) is 0 Å². The second-order valence-electron chi connectivity index (χ2n) is 4.21. The van der Waals surface area contributed by atoms with Crippen LogP contribution in [0.5, 0.6) is 0 Å². The van der Waals surface area contributed by atoms with Crippen LogP contribution in [0.2, 0.25) is 0 Å². The fourth-order valence-corrected chi connectivity index (χ4v) is 1.79. The second kappa shape index (κ2) is 5.32. The minimum absolute atomic E-state index is 0.0350. The Morgan fingerprint density at radius 2 is 2.36 bits per heavy atom. The van der Waals surface area contributed by atoms with E-state index in [1.54, 1.807) is 0 Å². The Morgan fingerprint density at radius 3 is 2.93 bits per heavy atom. The minimum atomic E-state index is 0.0350. The molecule has 4 heteroatoms. The third kappa shape index (κ3) is 3.27. The van der Waals surface area contributed by atoms with Gasteiger partial charge in [-0.1, -0.05) is 6.42 Å². The van der Waals surface area contributed by atoms with Crippen LogP contribution < -0.4 is 11.1 Å². The first-order valence-electron chi connectivity index (χ1n) is 5.35. The lowest BCUT2D eigenvalue weighted by Gasteiger charge is -2.31. The van der Waals surface area contributed by atoms with Gasteiger partial charge in [0.2, 0.25) is 5.91 Å². The fourth-order valence-electron chi connectivity index (χ4n) is 1.79. The number of amides is 1. The van der Waals surface area contributed by atoms with Gasteiger partial charge < -0.3 is 11.1 Å². The van der Waals surface area contributed by atoms with Crippen LogP contribution in [0.4, 0.5) is 0 Å². The Morgan fingerprint density at radius 1 is 1.64 bits per heavy atom. The van der Waals surface area contributed by atoms with Gasteiger partial charge in [-0.15, -0.1) is 0 Å². The number of nitrogens with zero attached hydrogens (tertiary/aromatic N) is 1. The maximum absolute atomic E-state index is 11.7. The SMILES string of the molecule is CC(N)CNC(=O)C1CCCCN1C. The molecule has 0 aromatic carbocycles. The molecule has 0 saturated carbocycles. The maximum atomic E-state index is 11.7. The number of carbonyl (C=O) groups excluding carboxylic acids is 1. The Balaban J connectivity index is 2.34. The summed E-state index contributed by atoms with van der Waals surface area (Å²) in [5, 5.41) is 2.88. The topological polar surface area (TPSA) is 58.4 Å². The molecule has 1 rings (SSSR count). The molecule has 0 aromatic heterocycles. The van der Waals surface area contributed by atoms with Crippen molar-refractivity contribution in [3.63, 3.8) is 0 Å². The molecule has 0 aromatic rings. The Labute approximate surface area is 85.8 Å². The number of piperidine rings is 1. The molecule has 1 fully saturated rings. The van der Waals surface area contributed by atoms with Gasteiger partial charge >= 0.3 is 0 Å². The average Bonchev–Trinajstić information content (AvgIpc) is 2.15. The van der Waals surface area contributed by atoms with Crippen LogP contribution in [0.3, 0.4) is 0 Å². The highest BCUT2D eigenvalue weighted by Gasteiger charge is 2.25. The van der Waals surface area contributed by atoms with E-state index in [0.717, 1.165) is 19.4 Å². The van der Waals surface area contributed by atoms with Crippen LogP contribution in [0, 0.1) is 0 Å². The third-order valence-electron chi connectivity index (χ3n) is 2.67. The molecule has 14 heavy (non-hydrogen) atoms. The number of hydrogen-bond acceptors (Lipinski definition) is 3. The molecule has 0 bridgehead atoms. The molecular formula is C10H21N3O. The fraction of sp³-hybridized carbons (Fsp3) is 0.900. The molecule has 0 radical (unpaired) electrons. The minimum Gasteiger partial charge on any atom is -0.353 e. The van der Waals surface area contributed by atoms with Gasteiger partial charge in [-0.3, -0.25) is 9.69 Å². The summed E-state index contributed by atoms with van der Waals surface area (Å²) >= 11 is 0. The Kier molecular flexibility index (Phi) is 4.35. The van der Waals surface area contributed by atoms with E-state index in [-0.39, 0.29) is 18.0 Å². The lowest BCUT2D eigenvalue weighted by atomic mass is 10.0. The number of nitrogens with one attached hydrogen (secondary N) is 1. The smallest absolute Gasteiger partial charge is 0.237 e. The maximum Gasteiger partial charge on any atom is 0.237 e. The average molecular weight is 199 g/mol. The third-order valence-corrected chi connectivity index (χ3v) is 2.67. The normalized spacial score (nSPS) is 25.8. The zero-order valence-corrected chi connectivity index (χ0v) is 9.12. The van der Waals surface area contributed by atoms with Crippen molar-refractivity contribution < 1.29 is 4.79 Å². The quantitative estimate of drug-likeness (QED) is 0.669. The monoisotopic (exact) mass is 199 g/mol. The molecule has 1 heterocycles. The van der Waals surface area contributed by atoms with E-state index in [2.05, 4.69) is 10.2 Å². The number of nitrogens with two attached hydrogens (primary N) is 1. The number of likely N-dealkylation sites (N-methyl/N-ethyl adjacent to an activating group) is 1. The van der Waals surface area contributed by atoms with Gasteiger partial charge in [0, 0.05) is 12.6 Å². The van der Waals surface area contributed by atoms with Crippen LogP contribution in [0.25, 0.3) is 0 Å². The molecule has 82 valence electrons. The molecule has 3 N–H and O–H groups in total. The predicted octanol–water partition coefficient (Wildman–Crippen LogP) is -0.0659. The van der Waals surface area contributed by atoms with Crippen molar-refractivity contribution in [1.82, 2.24) is 10.2 Å². The lowest BCUT2D eigenvalue weighted by molar-refractivity contribution is -0.127. The van der Waals surface area contributed by atoms with Crippen molar-refractivity contribution in [1.29, 1.82) is 0 Å². The molecule has 1 amide bonds. The summed E-state index contributed by atoms with van der Waals surface area (Å²) in [5.74, 6) is 0.129. The number of likely N-dealkylation sites (tertiary alicyclic amines) is 1. The molecule has 2 unspecified atom stereocenters. The summed E-state index contributed by atoms with van der Waals surface area (Å²) in [6.07, 6.45) is 3.33. The van der Waals surface area contributed by atoms with E-state index >= 15 is 0 Å². The first-order chi connectivity index (χ1) is 6.61. The number of rotatable bonds is 3. The molecule has 1 aliphatic rings. The molecule has 4 nitrogen and oxygen atoms in total. The molecule has 0 aliphatic carbocycles. The summed E-state index contributed by atoms with van der Waals surface area (Å²) < 4.78 is 0. The second-order valence-corrected chi connectivity index (χ2v) is 4.21. The highest BCUT2D eigenvalue weighted by Crippen LogP contribution is 2.14. The lowest BCUT2D eigenvalue weighted by Crippen LogP contribution is -2.49. The number of carbonyl (C=O) groups is 1. The molecule has 2 atom stereocenters. The first-order valence-corrected chi connectivity index (χ1v) is 5.35. The summed E-state index contributed by atoms with van der Waals surface area (Å²) in [6.45, 7) is 3.49. The van der Waals surface area contributed by atoms with Gasteiger partial charge in [0.1, 0.15) is 0 Å². The van der Waals surface area contributed by atoms with Gasteiger partial charge in [0.25, 0.3) is 0 Å². The van der Waals surface area contributed by atoms with Crippen LogP contribution in [-0.2, 0) is 4.79 Å². The van der Waals surface area contributed by atoms with Gasteiger partial charge in [-0.25, -0.2) is 0 Å². The number of hydrogen-bond donors (Lipinski definition) is 2. The zero-order valence-electron chi connectivity index (χ0n) is 9.12. The van der Waals surface area contributed by atoms with E-state index in [0.29, 0.717) is 6.54 Å². The van der Waals surface area contributed by atoms with Crippen LogP contribution in [0.1, 0.15) is 26.2 Å². The molecular weight excluding hydrogens is 178 g/mol. The van der Waals surface area contributed by atoms with E-state index in [1.807, 2.05) is 14.0 Å². The van der Waals surface area contributed by atoms with Gasteiger partial charge in [-0.2, -0.15) is 0 Å². The molecule has 1 aliphatic heterocycles. The Hall–Kier alpha value is -0.610. The van der Waals surface area contributed by atoms with Crippen molar-refractivity contribution in [3.05, 3.63) is 0 Å². The highest BCUT2D eigenvalue weighted by molar-refractivity contribution is 5.81. The highest BCUT2D eigenvalue weighted by atomic mass is 16.2. The van der Waals surface area contributed by atoms with Crippen LogP contribution in [0.15, 0.2) is 0 Å². The van der Waals surface area contributed by atoms with Gasteiger partial charge in [0.05, 0.1) is 6.04 Å². The summed E-state index contributed by atoms with van der Waals surface area (Å²) in [6, 6.07) is 0.0929. The van der Waals surface area contributed by atoms with Crippen molar-refractivity contribution in [2.45, 2.75) is 38.3 Å². The largest absolute Gasteiger partial charge is 0.353 e. The van der Waals surface area contributed by atoms with Gasteiger partial charge in [-0.05, 0) is 33.4 Å². The van der Waals surface area contributed by atoms with Crippen molar-refractivity contribution >= 4 is 5.91 Å². The van der Waals surface area contributed by atoms with Crippen molar-refractivity contribution in [2.75, 3.05) is 20.1 Å². The molecule has 1 saturated heterocycles. The van der Waals surface area contributed by atoms with Gasteiger partial charge in [0.15, 0.2) is 0 Å². The Bertz CT molecular complexity index is 194.